The molecule has 1 fully saturated rings. The van der Waals surface area contributed by atoms with Crippen LogP contribution in [0.3, 0.4) is 0 Å². The second kappa shape index (κ2) is 5.81. The maximum atomic E-state index is 6.46. The molecule has 0 radical (unpaired) electrons. The van der Waals surface area contributed by atoms with E-state index in [1.165, 1.54) is 29.2 Å². The topological polar surface area (TPSA) is 47.3 Å². The molecular formula is C17H22N2O. The number of piperidine rings is 1. The molecule has 0 bridgehead atoms. The van der Waals surface area contributed by atoms with Crippen LogP contribution in [0.1, 0.15) is 24.4 Å². The molecule has 3 heteroatoms. The largest absolute Gasteiger partial charge is 0.497 e. The van der Waals surface area contributed by atoms with Crippen LogP contribution in [0, 0.1) is 5.92 Å². The molecule has 1 saturated heterocycles. The number of hydrogen-bond donors (Lipinski definition) is 2. The third-order valence-corrected chi connectivity index (χ3v) is 4.35. The van der Waals surface area contributed by atoms with E-state index in [2.05, 4.69) is 35.6 Å². The Morgan fingerprint density at radius 1 is 1.10 bits per heavy atom. The maximum Gasteiger partial charge on any atom is 0.119 e. The highest BCUT2D eigenvalue weighted by Crippen LogP contribution is 2.29. The number of ether oxygens (including phenoxy) is 1. The molecule has 0 unspecified atom stereocenters. The van der Waals surface area contributed by atoms with Gasteiger partial charge < -0.3 is 15.8 Å². The third kappa shape index (κ3) is 2.65. The third-order valence-electron chi connectivity index (χ3n) is 4.35. The van der Waals surface area contributed by atoms with Gasteiger partial charge >= 0.3 is 0 Å². The van der Waals surface area contributed by atoms with Crippen molar-refractivity contribution >= 4 is 10.8 Å². The highest BCUT2D eigenvalue weighted by Gasteiger charge is 2.21. The van der Waals surface area contributed by atoms with Crippen LogP contribution in [-0.4, -0.2) is 20.2 Å². The number of methoxy groups -OCH3 is 1. The number of nitrogens with two attached hydrogens (primary N) is 1. The number of rotatable bonds is 3. The van der Waals surface area contributed by atoms with E-state index in [0.717, 1.165) is 18.8 Å². The predicted molar refractivity (Wildman–Crippen MR) is 83.0 cm³/mol. The van der Waals surface area contributed by atoms with Crippen LogP contribution >= 0.6 is 0 Å². The van der Waals surface area contributed by atoms with Crippen molar-refractivity contribution < 1.29 is 4.74 Å². The van der Waals surface area contributed by atoms with Gasteiger partial charge in [-0.25, -0.2) is 0 Å². The Bertz CT molecular complexity index is 591. The van der Waals surface area contributed by atoms with Crippen molar-refractivity contribution in [1.82, 2.24) is 5.32 Å². The fraction of sp³-hybridized carbons (Fsp3) is 0.412. The molecule has 0 amide bonds. The lowest BCUT2D eigenvalue weighted by Crippen LogP contribution is -2.33. The first-order valence-corrected chi connectivity index (χ1v) is 7.32. The number of fused-ring (bicyclic) bond motifs is 1. The highest BCUT2D eigenvalue weighted by molar-refractivity contribution is 5.84. The summed E-state index contributed by atoms with van der Waals surface area (Å²) in [5.41, 5.74) is 7.71. The minimum Gasteiger partial charge on any atom is -0.497 e. The second-order valence-electron chi connectivity index (χ2n) is 5.59. The van der Waals surface area contributed by atoms with Crippen LogP contribution < -0.4 is 15.8 Å². The Hall–Kier alpha value is -1.58. The molecule has 1 atom stereocenters. The average Bonchev–Trinajstić information content (AvgIpc) is 2.54. The van der Waals surface area contributed by atoms with Crippen molar-refractivity contribution in [2.24, 2.45) is 11.7 Å². The van der Waals surface area contributed by atoms with E-state index < -0.39 is 0 Å². The summed E-state index contributed by atoms with van der Waals surface area (Å²) in [5, 5.41) is 5.82. The van der Waals surface area contributed by atoms with E-state index in [4.69, 9.17) is 10.5 Å². The Morgan fingerprint density at radius 3 is 2.55 bits per heavy atom. The van der Waals surface area contributed by atoms with E-state index in [0.29, 0.717) is 5.92 Å². The molecule has 0 aliphatic carbocycles. The number of benzene rings is 2. The first kappa shape index (κ1) is 13.4. The fourth-order valence-corrected chi connectivity index (χ4v) is 3.05. The van der Waals surface area contributed by atoms with Crippen LogP contribution in [0.25, 0.3) is 10.8 Å². The molecule has 3 nitrogen and oxygen atoms in total. The van der Waals surface area contributed by atoms with Gasteiger partial charge in [0.1, 0.15) is 5.75 Å². The average molecular weight is 270 g/mol. The standard InChI is InChI=1S/C17H22N2O/c1-20-16-5-4-13-10-15(3-2-14(13)11-16)17(18)12-6-8-19-9-7-12/h2-5,10-12,17,19H,6-9,18H2,1H3/t17-/m1/s1. The van der Waals surface area contributed by atoms with Crippen molar-refractivity contribution in [3.63, 3.8) is 0 Å². The van der Waals surface area contributed by atoms with E-state index in [-0.39, 0.29) is 6.04 Å². The van der Waals surface area contributed by atoms with Crippen molar-refractivity contribution in [1.29, 1.82) is 0 Å². The summed E-state index contributed by atoms with van der Waals surface area (Å²) in [4.78, 5) is 0. The summed E-state index contributed by atoms with van der Waals surface area (Å²) in [6, 6.07) is 12.8. The van der Waals surface area contributed by atoms with Crippen molar-refractivity contribution in [2.45, 2.75) is 18.9 Å². The molecule has 2 aromatic rings. The normalized spacial score (nSPS) is 18.1. The maximum absolute atomic E-state index is 6.46. The molecule has 2 aromatic carbocycles. The van der Waals surface area contributed by atoms with Gasteiger partial charge in [0.05, 0.1) is 7.11 Å². The lowest BCUT2D eigenvalue weighted by atomic mass is 9.86. The summed E-state index contributed by atoms with van der Waals surface area (Å²) >= 11 is 0. The fourth-order valence-electron chi connectivity index (χ4n) is 3.05. The molecule has 1 heterocycles. The van der Waals surface area contributed by atoms with Crippen LogP contribution in [0.15, 0.2) is 36.4 Å². The smallest absolute Gasteiger partial charge is 0.119 e. The van der Waals surface area contributed by atoms with E-state index in [9.17, 15) is 0 Å². The molecule has 20 heavy (non-hydrogen) atoms. The van der Waals surface area contributed by atoms with Gasteiger partial charge in [-0.05, 0) is 66.4 Å². The Kier molecular flexibility index (Phi) is 3.90. The van der Waals surface area contributed by atoms with Gasteiger partial charge in [0.15, 0.2) is 0 Å². The summed E-state index contributed by atoms with van der Waals surface area (Å²) in [6.45, 7) is 2.17. The molecule has 1 aliphatic heterocycles. The van der Waals surface area contributed by atoms with E-state index in [1.807, 2.05) is 6.07 Å². The summed E-state index contributed by atoms with van der Waals surface area (Å²) in [6.07, 6.45) is 2.34. The minimum atomic E-state index is 0.142. The van der Waals surface area contributed by atoms with Gasteiger partial charge in [0, 0.05) is 6.04 Å². The molecule has 0 spiro atoms. The first-order valence-electron chi connectivity index (χ1n) is 7.32. The van der Waals surface area contributed by atoms with Gasteiger partial charge in [-0.15, -0.1) is 0 Å². The Labute approximate surface area is 120 Å². The monoisotopic (exact) mass is 270 g/mol. The quantitative estimate of drug-likeness (QED) is 0.901. The number of nitrogens with one attached hydrogen (secondary N) is 1. The highest BCUT2D eigenvalue weighted by atomic mass is 16.5. The minimum absolute atomic E-state index is 0.142. The van der Waals surface area contributed by atoms with Crippen LogP contribution in [-0.2, 0) is 0 Å². The van der Waals surface area contributed by atoms with Crippen LogP contribution in [0.2, 0.25) is 0 Å². The molecule has 106 valence electrons. The zero-order valence-corrected chi connectivity index (χ0v) is 11.9. The predicted octanol–water partition coefficient (Wildman–Crippen LogP) is 2.85. The summed E-state index contributed by atoms with van der Waals surface area (Å²) in [5.74, 6) is 1.49. The molecule has 1 aliphatic rings. The van der Waals surface area contributed by atoms with E-state index >= 15 is 0 Å². The molecular weight excluding hydrogens is 248 g/mol. The van der Waals surface area contributed by atoms with Gasteiger partial charge in [0.25, 0.3) is 0 Å². The second-order valence-corrected chi connectivity index (χ2v) is 5.59. The van der Waals surface area contributed by atoms with Crippen molar-refractivity contribution in [2.75, 3.05) is 20.2 Å². The van der Waals surface area contributed by atoms with Gasteiger partial charge in [-0.2, -0.15) is 0 Å². The first-order chi connectivity index (χ1) is 9.78. The van der Waals surface area contributed by atoms with Crippen molar-refractivity contribution in [3.8, 4) is 5.75 Å². The summed E-state index contributed by atoms with van der Waals surface area (Å²) in [7, 11) is 1.70. The zero-order chi connectivity index (χ0) is 13.9. The molecule has 0 saturated carbocycles. The Balaban J connectivity index is 1.88. The summed E-state index contributed by atoms with van der Waals surface area (Å²) < 4.78 is 5.26. The lowest BCUT2D eigenvalue weighted by Gasteiger charge is -2.28. The van der Waals surface area contributed by atoms with Crippen LogP contribution in [0.4, 0.5) is 0 Å². The lowest BCUT2D eigenvalue weighted by molar-refractivity contribution is 0.322. The molecule has 3 N–H and O–H groups in total. The molecule has 3 rings (SSSR count). The van der Waals surface area contributed by atoms with Gasteiger partial charge in [-0.1, -0.05) is 18.2 Å². The van der Waals surface area contributed by atoms with Crippen LogP contribution in [0.5, 0.6) is 5.75 Å². The van der Waals surface area contributed by atoms with Gasteiger partial charge in [-0.3, -0.25) is 0 Å². The SMILES string of the molecule is COc1ccc2cc([C@H](N)C3CCNCC3)ccc2c1. The van der Waals surface area contributed by atoms with E-state index in [1.54, 1.807) is 7.11 Å². The molecule has 0 aromatic heterocycles. The van der Waals surface area contributed by atoms with Crippen molar-refractivity contribution in [3.05, 3.63) is 42.0 Å². The number of hydrogen-bond acceptors (Lipinski definition) is 3. The Morgan fingerprint density at radius 2 is 1.80 bits per heavy atom. The zero-order valence-electron chi connectivity index (χ0n) is 11.9. The van der Waals surface area contributed by atoms with Gasteiger partial charge in [0.2, 0.25) is 0 Å².